The lowest BCUT2D eigenvalue weighted by Gasteiger charge is -2.27. The lowest BCUT2D eigenvalue weighted by Crippen LogP contribution is -2.31. The Morgan fingerprint density at radius 3 is 2.63 bits per heavy atom. The first kappa shape index (κ1) is 19.3. The number of methoxy groups -OCH3 is 2. The standard InChI is InChI=1S/C23H29NO3/c1-16-7-8-18(17(2)14-16)9-12-23(25)24-13-5-6-21(24)20-15-19(26-3)10-11-22(20)27-4/h7-8,10-11,14-15,21H,5-6,9,12-13H2,1-4H3. The van der Waals surface area contributed by atoms with Gasteiger partial charge in [-0.1, -0.05) is 23.8 Å². The number of carbonyl (C=O) groups is 1. The summed E-state index contributed by atoms with van der Waals surface area (Å²) in [7, 11) is 3.33. The molecule has 27 heavy (non-hydrogen) atoms. The summed E-state index contributed by atoms with van der Waals surface area (Å²) >= 11 is 0. The zero-order valence-electron chi connectivity index (χ0n) is 16.7. The van der Waals surface area contributed by atoms with Gasteiger partial charge in [0.2, 0.25) is 5.91 Å². The number of rotatable bonds is 6. The molecule has 1 unspecified atom stereocenters. The maximum atomic E-state index is 13.0. The van der Waals surface area contributed by atoms with E-state index in [1.54, 1.807) is 14.2 Å². The van der Waals surface area contributed by atoms with Crippen molar-refractivity contribution < 1.29 is 14.3 Å². The van der Waals surface area contributed by atoms with Crippen LogP contribution in [0.4, 0.5) is 0 Å². The largest absolute Gasteiger partial charge is 0.497 e. The molecule has 0 saturated carbocycles. The predicted octanol–water partition coefficient (Wildman–Crippen LogP) is 4.62. The lowest BCUT2D eigenvalue weighted by atomic mass is 10.00. The maximum Gasteiger partial charge on any atom is 0.223 e. The van der Waals surface area contributed by atoms with Gasteiger partial charge in [0.25, 0.3) is 0 Å². The zero-order valence-corrected chi connectivity index (χ0v) is 16.7. The summed E-state index contributed by atoms with van der Waals surface area (Å²) in [6, 6.07) is 12.3. The Bertz CT molecular complexity index is 815. The molecular weight excluding hydrogens is 338 g/mol. The van der Waals surface area contributed by atoms with Gasteiger partial charge in [-0.2, -0.15) is 0 Å². The zero-order chi connectivity index (χ0) is 19.4. The van der Waals surface area contributed by atoms with E-state index < -0.39 is 0 Å². The van der Waals surface area contributed by atoms with Crippen molar-refractivity contribution in [3.05, 3.63) is 58.7 Å². The summed E-state index contributed by atoms with van der Waals surface area (Å²) in [5, 5.41) is 0. The van der Waals surface area contributed by atoms with Crippen LogP contribution >= 0.6 is 0 Å². The van der Waals surface area contributed by atoms with E-state index in [1.807, 2.05) is 23.1 Å². The van der Waals surface area contributed by atoms with Gasteiger partial charge < -0.3 is 14.4 Å². The summed E-state index contributed by atoms with van der Waals surface area (Å²) in [5.74, 6) is 1.82. The summed E-state index contributed by atoms with van der Waals surface area (Å²) in [4.78, 5) is 15.0. The van der Waals surface area contributed by atoms with Crippen molar-refractivity contribution in [1.82, 2.24) is 4.90 Å². The highest BCUT2D eigenvalue weighted by molar-refractivity contribution is 5.77. The molecule has 0 N–H and O–H groups in total. The van der Waals surface area contributed by atoms with Crippen molar-refractivity contribution in [2.75, 3.05) is 20.8 Å². The second-order valence-corrected chi connectivity index (χ2v) is 7.28. The quantitative estimate of drug-likeness (QED) is 0.748. The Morgan fingerprint density at radius 2 is 1.93 bits per heavy atom. The molecule has 0 bridgehead atoms. The number of aryl methyl sites for hydroxylation is 3. The molecule has 0 aromatic heterocycles. The monoisotopic (exact) mass is 367 g/mol. The van der Waals surface area contributed by atoms with Crippen LogP contribution < -0.4 is 9.47 Å². The van der Waals surface area contributed by atoms with Crippen molar-refractivity contribution in [2.24, 2.45) is 0 Å². The summed E-state index contributed by atoms with van der Waals surface area (Å²) in [6.45, 7) is 5.02. The number of carbonyl (C=O) groups excluding carboxylic acids is 1. The third-order valence-corrected chi connectivity index (χ3v) is 5.48. The molecule has 0 aliphatic carbocycles. The summed E-state index contributed by atoms with van der Waals surface area (Å²) in [6.07, 6.45) is 3.29. The van der Waals surface area contributed by atoms with Crippen LogP contribution in [0.5, 0.6) is 11.5 Å². The van der Waals surface area contributed by atoms with Gasteiger partial charge in [0, 0.05) is 18.5 Å². The van der Waals surface area contributed by atoms with Crippen LogP contribution in [0.25, 0.3) is 0 Å². The smallest absolute Gasteiger partial charge is 0.223 e. The van der Waals surface area contributed by atoms with Gasteiger partial charge in [0.05, 0.1) is 20.3 Å². The first-order valence-electron chi connectivity index (χ1n) is 9.61. The number of hydrogen-bond donors (Lipinski definition) is 0. The minimum Gasteiger partial charge on any atom is -0.497 e. The SMILES string of the molecule is COc1ccc(OC)c(C2CCCN2C(=O)CCc2ccc(C)cc2C)c1. The Balaban J connectivity index is 1.75. The Morgan fingerprint density at radius 1 is 1.11 bits per heavy atom. The topological polar surface area (TPSA) is 38.8 Å². The highest BCUT2D eigenvalue weighted by atomic mass is 16.5. The van der Waals surface area contributed by atoms with Crippen LogP contribution in [0.2, 0.25) is 0 Å². The molecule has 1 aliphatic rings. The van der Waals surface area contributed by atoms with E-state index in [0.717, 1.165) is 42.9 Å². The molecule has 144 valence electrons. The number of likely N-dealkylation sites (tertiary alicyclic amines) is 1. The highest BCUT2D eigenvalue weighted by Crippen LogP contribution is 2.39. The van der Waals surface area contributed by atoms with E-state index in [0.29, 0.717) is 6.42 Å². The first-order chi connectivity index (χ1) is 13.0. The molecule has 2 aromatic carbocycles. The van der Waals surface area contributed by atoms with E-state index >= 15 is 0 Å². The van der Waals surface area contributed by atoms with Crippen molar-refractivity contribution in [2.45, 2.75) is 45.6 Å². The van der Waals surface area contributed by atoms with Crippen LogP contribution in [0.15, 0.2) is 36.4 Å². The van der Waals surface area contributed by atoms with E-state index in [9.17, 15) is 4.79 Å². The molecule has 1 fully saturated rings. The molecular formula is C23H29NO3. The second kappa shape index (κ2) is 8.47. The molecule has 1 aliphatic heterocycles. The van der Waals surface area contributed by atoms with Gasteiger partial charge in [-0.05, 0) is 62.4 Å². The Kier molecular flexibility index (Phi) is 6.04. The van der Waals surface area contributed by atoms with E-state index in [1.165, 1.54) is 16.7 Å². The number of benzene rings is 2. The average Bonchev–Trinajstić information content (AvgIpc) is 3.16. The average molecular weight is 367 g/mol. The predicted molar refractivity (Wildman–Crippen MR) is 107 cm³/mol. The van der Waals surface area contributed by atoms with Crippen LogP contribution in [-0.2, 0) is 11.2 Å². The van der Waals surface area contributed by atoms with Gasteiger partial charge in [-0.25, -0.2) is 0 Å². The number of nitrogens with zero attached hydrogens (tertiary/aromatic N) is 1. The van der Waals surface area contributed by atoms with Crippen molar-refractivity contribution >= 4 is 5.91 Å². The van der Waals surface area contributed by atoms with E-state index in [2.05, 4.69) is 32.0 Å². The minimum atomic E-state index is 0.0571. The molecule has 2 aromatic rings. The number of amides is 1. The normalized spacial score (nSPS) is 16.4. The van der Waals surface area contributed by atoms with E-state index in [-0.39, 0.29) is 11.9 Å². The molecule has 1 saturated heterocycles. The molecule has 1 amide bonds. The van der Waals surface area contributed by atoms with Crippen molar-refractivity contribution in [1.29, 1.82) is 0 Å². The number of ether oxygens (including phenoxy) is 2. The minimum absolute atomic E-state index is 0.0571. The highest BCUT2D eigenvalue weighted by Gasteiger charge is 2.31. The second-order valence-electron chi connectivity index (χ2n) is 7.28. The molecule has 0 spiro atoms. The van der Waals surface area contributed by atoms with Gasteiger partial charge in [0.1, 0.15) is 11.5 Å². The van der Waals surface area contributed by atoms with Crippen LogP contribution in [0.1, 0.15) is 47.6 Å². The third-order valence-electron chi connectivity index (χ3n) is 5.48. The van der Waals surface area contributed by atoms with Crippen molar-refractivity contribution in [3.63, 3.8) is 0 Å². The lowest BCUT2D eigenvalue weighted by molar-refractivity contribution is -0.132. The van der Waals surface area contributed by atoms with Crippen molar-refractivity contribution in [3.8, 4) is 11.5 Å². The van der Waals surface area contributed by atoms with Gasteiger partial charge in [0.15, 0.2) is 0 Å². The van der Waals surface area contributed by atoms with Crippen LogP contribution in [0.3, 0.4) is 0 Å². The number of hydrogen-bond acceptors (Lipinski definition) is 3. The van der Waals surface area contributed by atoms with E-state index in [4.69, 9.17) is 9.47 Å². The fourth-order valence-electron chi connectivity index (χ4n) is 4.00. The summed E-state index contributed by atoms with van der Waals surface area (Å²) in [5.41, 5.74) is 4.81. The molecule has 1 atom stereocenters. The van der Waals surface area contributed by atoms with Gasteiger partial charge in [-0.15, -0.1) is 0 Å². The van der Waals surface area contributed by atoms with Gasteiger partial charge in [-0.3, -0.25) is 4.79 Å². The first-order valence-corrected chi connectivity index (χ1v) is 9.61. The fourth-order valence-corrected chi connectivity index (χ4v) is 4.00. The van der Waals surface area contributed by atoms with Gasteiger partial charge >= 0.3 is 0 Å². The van der Waals surface area contributed by atoms with Crippen LogP contribution in [-0.4, -0.2) is 31.6 Å². The molecule has 1 heterocycles. The fraction of sp³-hybridized carbons (Fsp3) is 0.435. The molecule has 3 rings (SSSR count). The Labute approximate surface area is 162 Å². The van der Waals surface area contributed by atoms with Crippen LogP contribution in [0, 0.1) is 13.8 Å². The third kappa shape index (κ3) is 4.26. The molecule has 4 nitrogen and oxygen atoms in total. The molecule has 0 radical (unpaired) electrons. The maximum absolute atomic E-state index is 13.0. The Hall–Kier alpha value is -2.49. The summed E-state index contributed by atoms with van der Waals surface area (Å²) < 4.78 is 10.9. The molecule has 4 heteroatoms.